The van der Waals surface area contributed by atoms with Crippen molar-refractivity contribution in [2.45, 2.75) is 27.0 Å². The van der Waals surface area contributed by atoms with Crippen molar-refractivity contribution in [3.8, 4) is 28.4 Å². The van der Waals surface area contributed by atoms with Crippen molar-refractivity contribution >= 4 is 18.7 Å². The molecule has 0 atom stereocenters. The Balaban J connectivity index is 2.32. The van der Waals surface area contributed by atoms with Gasteiger partial charge in [-0.1, -0.05) is 6.92 Å². The van der Waals surface area contributed by atoms with E-state index in [2.05, 4.69) is 4.52 Å². The van der Waals surface area contributed by atoms with Crippen LogP contribution in [-0.2, 0) is 15.8 Å². The van der Waals surface area contributed by atoms with Gasteiger partial charge in [0, 0.05) is 23.4 Å². The highest BCUT2D eigenvalue weighted by Crippen LogP contribution is 2.38. The van der Waals surface area contributed by atoms with E-state index in [1.807, 2.05) is 13.8 Å². The highest BCUT2D eigenvalue weighted by Gasteiger charge is 2.22. The highest BCUT2D eigenvalue weighted by molar-refractivity contribution is 7.46. The normalized spacial score (nSPS) is 11.6. The summed E-state index contributed by atoms with van der Waals surface area (Å²) in [5.41, 5.74) is -0.227. The van der Waals surface area contributed by atoms with E-state index in [4.69, 9.17) is 14.2 Å². The fraction of sp³-hybridized carbons (Fsp3) is 0.318. The van der Waals surface area contributed by atoms with Gasteiger partial charge in [0.1, 0.15) is 29.8 Å². The first-order chi connectivity index (χ1) is 15.7. The Kier molecular flexibility index (Phi) is 7.76. The Morgan fingerprint density at radius 2 is 1.82 bits per heavy atom. The molecule has 1 aromatic heterocycles. The van der Waals surface area contributed by atoms with E-state index in [-0.39, 0.29) is 22.2 Å². The summed E-state index contributed by atoms with van der Waals surface area (Å²) in [6.45, 7) is 3.77. The van der Waals surface area contributed by atoms with Gasteiger partial charge in [0.15, 0.2) is 5.43 Å². The fourth-order valence-corrected chi connectivity index (χ4v) is 3.65. The molecule has 2 aromatic carbocycles. The smallest absolute Gasteiger partial charge is 0.471 e. The van der Waals surface area contributed by atoms with Crippen LogP contribution in [-0.4, -0.2) is 34.7 Å². The van der Waals surface area contributed by atoms with E-state index < -0.39 is 25.8 Å². The summed E-state index contributed by atoms with van der Waals surface area (Å²) in [5.74, 6) is 0.199. The number of phosphoric ester groups is 1. The Morgan fingerprint density at radius 1 is 1.06 bits per heavy atom. The van der Waals surface area contributed by atoms with Crippen molar-refractivity contribution in [1.29, 1.82) is 0 Å². The Bertz CT molecular complexity index is 1250. The molecule has 2 N–H and O–H groups in total. The molecule has 0 aliphatic heterocycles. The van der Waals surface area contributed by atoms with Crippen LogP contribution in [0.25, 0.3) is 22.0 Å². The number of nitrogens with zero attached hydrogens (tertiary/aromatic N) is 1. The number of ether oxygens (including phenoxy) is 3. The molecule has 0 aliphatic rings. The number of rotatable bonds is 10. The van der Waals surface area contributed by atoms with Crippen molar-refractivity contribution in [1.82, 2.24) is 4.57 Å². The number of hydrogen-bond donors (Lipinski definition) is 2. The zero-order chi connectivity index (χ0) is 24.2. The second-order valence-electron chi connectivity index (χ2n) is 7.00. The highest BCUT2D eigenvalue weighted by atomic mass is 31.2. The minimum absolute atomic E-state index is 0.0237. The summed E-state index contributed by atoms with van der Waals surface area (Å²) >= 11 is 0. The molecule has 178 valence electrons. The standard InChI is InChI=1S/C22H25FNO8P/c1-4-10-31-18-9-8-17(23)20-21(18)24(13-32-33(26,27)28)12-16(22(20)25)15-7-6-14(30-5-2)11-19(15)29-3/h6-9,11-12H,4-5,10,13H2,1-3H3,(H2,26,27,28). The molecule has 0 unspecified atom stereocenters. The van der Waals surface area contributed by atoms with Crippen molar-refractivity contribution in [3.63, 3.8) is 0 Å². The summed E-state index contributed by atoms with van der Waals surface area (Å²) in [5, 5.41) is -0.300. The van der Waals surface area contributed by atoms with Gasteiger partial charge in [0.25, 0.3) is 0 Å². The number of halogens is 1. The minimum atomic E-state index is -4.86. The average molecular weight is 481 g/mol. The van der Waals surface area contributed by atoms with E-state index in [9.17, 15) is 23.5 Å². The van der Waals surface area contributed by atoms with E-state index >= 15 is 0 Å². The second-order valence-corrected chi connectivity index (χ2v) is 8.24. The lowest BCUT2D eigenvalue weighted by molar-refractivity contribution is 0.155. The van der Waals surface area contributed by atoms with Crippen LogP contribution in [0.1, 0.15) is 20.3 Å². The van der Waals surface area contributed by atoms with Gasteiger partial charge in [-0.25, -0.2) is 8.96 Å². The quantitative estimate of drug-likeness (QED) is 0.417. The van der Waals surface area contributed by atoms with E-state index in [1.165, 1.54) is 23.9 Å². The predicted molar refractivity (Wildman–Crippen MR) is 120 cm³/mol. The molecule has 0 saturated heterocycles. The first-order valence-corrected chi connectivity index (χ1v) is 11.7. The lowest BCUT2D eigenvalue weighted by Gasteiger charge is -2.18. The van der Waals surface area contributed by atoms with Gasteiger partial charge in [-0.2, -0.15) is 0 Å². The minimum Gasteiger partial charge on any atom is -0.496 e. The molecule has 0 saturated carbocycles. The summed E-state index contributed by atoms with van der Waals surface area (Å²) in [7, 11) is -3.44. The molecule has 0 spiro atoms. The summed E-state index contributed by atoms with van der Waals surface area (Å²) in [6.07, 6.45) is 1.99. The van der Waals surface area contributed by atoms with Gasteiger partial charge in [-0.15, -0.1) is 0 Å². The third-order valence-corrected chi connectivity index (χ3v) is 5.19. The molecule has 3 aromatic rings. The van der Waals surface area contributed by atoms with E-state index in [1.54, 1.807) is 18.2 Å². The Labute approximate surface area is 189 Å². The number of aromatic nitrogens is 1. The van der Waals surface area contributed by atoms with Crippen molar-refractivity contribution in [3.05, 3.63) is 52.6 Å². The molecule has 0 aliphatic carbocycles. The molecule has 3 rings (SSSR count). The first kappa shape index (κ1) is 24.7. The fourth-order valence-electron chi connectivity index (χ4n) is 3.37. The monoisotopic (exact) mass is 481 g/mol. The summed E-state index contributed by atoms with van der Waals surface area (Å²) < 4.78 is 48.7. The van der Waals surface area contributed by atoms with Crippen molar-refractivity contribution in [2.75, 3.05) is 20.3 Å². The van der Waals surface area contributed by atoms with Gasteiger partial charge in [0.05, 0.1) is 31.2 Å². The third-order valence-electron chi connectivity index (χ3n) is 4.73. The lowest BCUT2D eigenvalue weighted by Crippen LogP contribution is -2.16. The maximum absolute atomic E-state index is 14.9. The van der Waals surface area contributed by atoms with Crippen LogP contribution >= 0.6 is 7.82 Å². The van der Waals surface area contributed by atoms with Crippen molar-refractivity contribution in [2.24, 2.45) is 0 Å². The Hall–Kier alpha value is -2.91. The zero-order valence-corrected chi connectivity index (χ0v) is 19.3. The molecule has 11 heteroatoms. The molecular weight excluding hydrogens is 456 g/mol. The molecule has 1 heterocycles. The predicted octanol–water partition coefficient (Wildman–Crippen LogP) is 4.07. The van der Waals surface area contributed by atoms with Crippen molar-refractivity contribution < 1.29 is 37.5 Å². The van der Waals surface area contributed by atoms with Crippen LogP contribution in [0.2, 0.25) is 0 Å². The largest absolute Gasteiger partial charge is 0.496 e. The van der Waals surface area contributed by atoms with E-state index in [0.29, 0.717) is 36.7 Å². The van der Waals surface area contributed by atoms with Gasteiger partial charge < -0.3 is 28.6 Å². The number of methoxy groups -OCH3 is 1. The molecule has 0 radical (unpaired) electrons. The SMILES string of the molecule is CCCOc1ccc(F)c2c(=O)c(-c3ccc(OCC)cc3OC)cn(COP(=O)(O)O)c12. The van der Waals surface area contributed by atoms with Crippen LogP contribution < -0.4 is 19.6 Å². The maximum atomic E-state index is 14.9. The molecule has 33 heavy (non-hydrogen) atoms. The molecule has 0 fully saturated rings. The molecule has 9 nitrogen and oxygen atoms in total. The number of phosphoric acid groups is 1. The lowest BCUT2D eigenvalue weighted by atomic mass is 10.0. The summed E-state index contributed by atoms with van der Waals surface area (Å²) in [4.78, 5) is 31.8. The number of fused-ring (bicyclic) bond motifs is 1. The van der Waals surface area contributed by atoms with Gasteiger partial charge in [-0.05, 0) is 37.6 Å². The second kappa shape index (κ2) is 10.4. The van der Waals surface area contributed by atoms with E-state index in [0.717, 1.165) is 6.07 Å². The van der Waals surface area contributed by atoms with Crippen LogP contribution in [0.4, 0.5) is 4.39 Å². The summed E-state index contributed by atoms with van der Waals surface area (Å²) in [6, 6.07) is 7.30. The first-order valence-electron chi connectivity index (χ1n) is 10.2. The number of pyridine rings is 1. The van der Waals surface area contributed by atoms with Gasteiger partial charge >= 0.3 is 7.82 Å². The van der Waals surface area contributed by atoms with Crippen LogP contribution in [0.5, 0.6) is 17.2 Å². The zero-order valence-electron chi connectivity index (χ0n) is 18.4. The molecule has 0 amide bonds. The van der Waals surface area contributed by atoms with Crippen LogP contribution in [0.3, 0.4) is 0 Å². The van der Waals surface area contributed by atoms with Crippen LogP contribution in [0, 0.1) is 5.82 Å². The number of benzene rings is 2. The van der Waals surface area contributed by atoms with Gasteiger partial charge in [0.2, 0.25) is 0 Å². The third kappa shape index (κ3) is 5.54. The topological polar surface area (TPSA) is 116 Å². The maximum Gasteiger partial charge on any atom is 0.471 e. The molecule has 0 bridgehead atoms. The van der Waals surface area contributed by atoms with Crippen LogP contribution in [0.15, 0.2) is 41.3 Å². The van der Waals surface area contributed by atoms with Gasteiger partial charge in [-0.3, -0.25) is 9.32 Å². The Morgan fingerprint density at radius 3 is 2.45 bits per heavy atom. The molecular formula is C22H25FNO8P. The average Bonchev–Trinajstić information content (AvgIpc) is 2.77. The number of hydrogen-bond acceptors (Lipinski definition) is 6.